The molecule has 2 atom stereocenters. The second-order valence-corrected chi connectivity index (χ2v) is 5.57. The molecule has 0 aliphatic heterocycles. The topological polar surface area (TPSA) is 90.0 Å². The molecule has 6 nitrogen and oxygen atoms in total. The van der Waals surface area contributed by atoms with E-state index < -0.39 is 18.0 Å². The SMILES string of the molecule is C[C@H](C(=O)N[C@@H](C(N)=O)c1ccccc1)n1cnc2ccccc21. The van der Waals surface area contributed by atoms with E-state index in [1.807, 2.05) is 30.3 Å². The van der Waals surface area contributed by atoms with Gasteiger partial charge < -0.3 is 15.6 Å². The molecule has 3 aromatic rings. The number of hydrogen-bond donors (Lipinski definition) is 2. The first kappa shape index (κ1) is 15.7. The Kier molecular flexibility index (Phi) is 4.29. The van der Waals surface area contributed by atoms with Crippen molar-refractivity contribution in [3.05, 3.63) is 66.5 Å². The minimum absolute atomic E-state index is 0.300. The molecule has 24 heavy (non-hydrogen) atoms. The van der Waals surface area contributed by atoms with Crippen LogP contribution in [-0.2, 0) is 9.59 Å². The van der Waals surface area contributed by atoms with Gasteiger partial charge in [-0.05, 0) is 24.6 Å². The van der Waals surface area contributed by atoms with Gasteiger partial charge in [0.05, 0.1) is 17.4 Å². The van der Waals surface area contributed by atoms with Crippen LogP contribution in [0.3, 0.4) is 0 Å². The van der Waals surface area contributed by atoms with Crippen LogP contribution in [0.5, 0.6) is 0 Å². The van der Waals surface area contributed by atoms with Crippen molar-refractivity contribution in [2.24, 2.45) is 5.73 Å². The summed E-state index contributed by atoms with van der Waals surface area (Å²) in [6.07, 6.45) is 1.62. The van der Waals surface area contributed by atoms with Gasteiger partial charge in [0, 0.05) is 0 Å². The summed E-state index contributed by atoms with van der Waals surface area (Å²) in [4.78, 5) is 28.6. The molecule has 3 N–H and O–H groups in total. The summed E-state index contributed by atoms with van der Waals surface area (Å²) in [5.41, 5.74) is 7.78. The molecule has 0 aliphatic rings. The molecule has 2 amide bonds. The number of benzene rings is 2. The van der Waals surface area contributed by atoms with Crippen LogP contribution in [0.4, 0.5) is 0 Å². The Hall–Kier alpha value is -3.15. The quantitative estimate of drug-likeness (QED) is 0.752. The molecule has 0 saturated carbocycles. The van der Waals surface area contributed by atoms with E-state index >= 15 is 0 Å². The summed E-state index contributed by atoms with van der Waals surface area (Å²) in [7, 11) is 0. The van der Waals surface area contributed by atoms with Crippen LogP contribution in [0.2, 0.25) is 0 Å². The molecule has 0 radical (unpaired) electrons. The number of hydrogen-bond acceptors (Lipinski definition) is 3. The predicted molar refractivity (Wildman–Crippen MR) is 91.0 cm³/mol. The number of aromatic nitrogens is 2. The maximum Gasteiger partial charge on any atom is 0.244 e. The van der Waals surface area contributed by atoms with E-state index in [-0.39, 0.29) is 5.91 Å². The van der Waals surface area contributed by atoms with Gasteiger partial charge in [-0.2, -0.15) is 0 Å². The van der Waals surface area contributed by atoms with Crippen LogP contribution in [-0.4, -0.2) is 21.4 Å². The fraction of sp³-hybridized carbons (Fsp3) is 0.167. The zero-order valence-corrected chi connectivity index (χ0v) is 13.2. The van der Waals surface area contributed by atoms with Gasteiger partial charge in [0.2, 0.25) is 11.8 Å². The number of nitrogens with zero attached hydrogens (tertiary/aromatic N) is 2. The van der Waals surface area contributed by atoms with Crippen molar-refractivity contribution >= 4 is 22.8 Å². The number of nitrogens with one attached hydrogen (secondary N) is 1. The third kappa shape index (κ3) is 2.99. The van der Waals surface area contributed by atoms with Crippen LogP contribution >= 0.6 is 0 Å². The van der Waals surface area contributed by atoms with E-state index in [1.165, 1.54) is 0 Å². The Balaban J connectivity index is 1.84. The van der Waals surface area contributed by atoms with E-state index in [0.29, 0.717) is 5.56 Å². The van der Waals surface area contributed by atoms with E-state index in [1.54, 1.807) is 42.1 Å². The largest absolute Gasteiger partial charge is 0.368 e. The Morgan fingerprint density at radius 2 is 1.75 bits per heavy atom. The highest BCUT2D eigenvalue weighted by molar-refractivity contribution is 5.90. The van der Waals surface area contributed by atoms with Crippen molar-refractivity contribution in [1.29, 1.82) is 0 Å². The normalized spacial score (nSPS) is 13.4. The molecule has 0 spiro atoms. The van der Waals surface area contributed by atoms with Gasteiger partial charge in [0.25, 0.3) is 0 Å². The molecule has 122 valence electrons. The lowest BCUT2D eigenvalue weighted by Crippen LogP contribution is -2.40. The number of rotatable bonds is 5. The first-order valence-electron chi connectivity index (χ1n) is 7.64. The van der Waals surface area contributed by atoms with Crippen LogP contribution in [0.15, 0.2) is 60.9 Å². The third-order valence-electron chi connectivity index (χ3n) is 3.98. The van der Waals surface area contributed by atoms with Crippen LogP contribution in [0.25, 0.3) is 11.0 Å². The maximum atomic E-state index is 12.6. The van der Waals surface area contributed by atoms with Crippen molar-refractivity contribution in [1.82, 2.24) is 14.9 Å². The standard InChI is InChI=1S/C18H18N4O2/c1-12(22-11-20-14-9-5-6-10-15(14)22)18(24)21-16(17(19)23)13-7-3-2-4-8-13/h2-12,16H,1H3,(H2,19,23)(H,21,24)/t12-,16-/m1/s1. The molecule has 3 rings (SSSR count). The average molecular weight is 322 g/mol. The van der Waals surface area contributed by atoms with Gasteiger partial charge >= 0.3 is 0 Å². The minimum atomic E-state index is -0.865. The minimum Gasteiger partial charge on any atom is -0.368 e. The molecule has 6 heteroatoms. The molecule has 0 fully saturated rings. The number of carbonyl (C=O) groups is 2. The summed E-state index contributed by atoms with van der Waals surface area (Å²) in [6, 6.07) is 15.1. The first-order valence-corrected chi connectivity index (χ1v) is 7.64. The molecule has 0 unspecified atom stereocenters. The van der Waals surface area contributed by atoms with Crippen molar-refractivity contribution in [2.75, 3.05) is 0 Å². The van der Waals surface area contributed by atoms with Gasteiger partial charge in [-0.15, -0.1) is 0 Å². The zero-order valence-electron chi connectivity index (χ0n) is 13.2. The third-order valence-corrected chi connectivity index (χ3v) is 3.98. The lowest BCUT2D eigenvalue weighted by molar-refractivity contribution is -0.129. The molecule has 0 aliphatic carbocycles. The molecular formula is C18H18N4O2. The Bertz CT molecular complexity index is 873. The summed E-state index contributed by atoms with van der Waals surface area (Å²) >= 11 is 0. The summed E-state index contributed by atoms with van der Waals surface area (Å²) in [5.74, 6) is -0.900. The Labute approximate surface area is 139 Å². The van der Waals surface area contributed by atoms with Crippen LogP contribution in [0.1, 0.15) is 24.6 Å². The predicted octanol–water partition coefficient (Wildman–Crippen LogP) is 1.94. The van der Waals surface area contributed by atoms with E-state index in [0.717, 1.165) is 11.0 Å². The lowest BCUT2D eigenvalue weighted by atomic mass is 10.1. The zero-order chi connectivity index (χ0) is 17.1. The molecular weight excluding hydrogens is 304 g/mol. The number of fused-ring (bicyclic) bond motifs is 1. The number of amides is 2. The molecule has 0 saturated heterocycles. The second-order valence-electron chi connectivity index (χ2n) is 5.57. The number of imidazole rings is 1. The molecule has 1 aromatic heterocycles. The lowest BCUT2D eigenvalue weighted by Gasteiger charge is -2.20. The molecule has 1 heterocycles. The molecule has 0 bridgehead atoms. The summed E-state index contributed by atoms with van der Waals surface area (Å²) < 4.78 is 1.77. The summed E-state index contributed by atoms with van der Waals surface area (Å²) in [5, 5.41) is 2.72. The maximum absolute atomic E-state index is 12.6. The highest BCUT2D eigenvalue weighted by atomic mass is 16.2. The van der Waals surface area contributed by atoms with Crippen molar-refractivity contribution in [2.45, 2.75) is 19.0 Å². The highest BCUT2D eigenvalue weighted by Gasteiger charge is 2.24. The van der Waals surface area contributed by atoms with E-state index in [2.05, 4.69) is 10.3 Å². The Morgan fingerprint density at radius 3 is 2.46 bits per heavy atom. The van der Waals surface area contributed by atoms with Crippen LogP contribution in [0, 0.1) is 0 Å². The monoisotopic (exact) mass is 322 g/mol. The first-order chi connectivity index (χ1) is 11.6. The highest BCUT2D eigenvalue weighted by Crippen LogP contribution is 2.19. The van der Waals surface area contributed by atoms with Gasteiger partial charge in [0.1, 0.15) is 12.1 Å². The second kappa shape index (κ2) is 6.54. The number of carbonyl (C=O) groups excluding carboxylic acids is 2. The average Bonchev–Trinajstić information content (AvgIpc) is 3.03. The molecule has 2 aromatic carbocycles. The van der Waals surface area contributed by atoms with Crippen LogP contribution < -0.4 is 11.1 Å². The van der Waals surface area contributed by atoms with Crippen molar-refractivity contribution in [3.8, 4) is 0 Å². The van der Waals surface area contributed by atoms with Gasteiger partial charge in [-0.25, -0.2) is 4.98 Å². The van der Waals surface area contributed by atoms with Gasteiger partial charge in [-0.1, -0.05) is 42.5 Å². The fourth-order valence-electron chi connectivity index (χ4n) is 2.64. The van der Waals surface area contributed by atoms with Crippen molar-refractivity contribution in [3.63, 3.8) is 0 Å². The number of nitrogens with two attached hydrogens (primary N) is 1. The van der Waals surface area contributed by atoms with E-state index in [4.69, 9.17) is 5.73 Å². The van der Waals surface area contributed by atoms with Gasteiger partial charge in [-0.3, -0.25) is 9.59 Å². The number of primary amides is 1. The van der Waals surface area contributed by atoms with Crippen molar-refractivity contribution < 1.29 is 9.59 Å². The smallest absolute Gasteiger partial charge is 0.244 e. The Morgan fingerprint density at radius 1 is 1.08 bits per heavy atom. The van der Waals surface area contributed by atoms with E-state index in [9.17, 15) is 9.59 Å². The fourth-order valence-corrected chi connectivity index (χ4v) is 2.64. The summed E-state index contributed by atoms with van der Waals surface area (Å²) in [6.45, 7) is 1.76. The van der Waals surface area contributed by atoms with Gasteiger partial charge in [0.15, 0.2) is 0 Å². The number of para-hydroxylation sites is 2.